The topological polar surface area (TPSA) is 50.9 Å². The Morgan fingerprint density at radius 3 is 2.47 bits per heavy atom. The van der Waals surface area contributed by atoms with Gasteiger partial charge in [-0.05, 0) is 39.5 Å². The molecule has 0 aromatic carbocycles. The first-order chi connectivity index (χ1) is 8.93. The summed E-state index contributed by atoms with van der Waals surface area (Å²) >= 11 is 4.79. The number of hydrogen-bond acceptors (Lipinski definition) is 4. The molecular formula is C11H9BrF3N3S. The molecule has 3 nitrogen and oxygen atoms in total. The molecule has 0 aliphatic heterocycles. The number of nitrogens with one attached hydrogen (secondary N) is 1. The smallest absolute Gasteiger partial charge is 0.270 e. The molecule has 0 amide bonds. The highest BCUT2D eigenvalue weighted by Gasteiger charge is 2.31. The lowest BCUT2D eigenvalue weighted by Gasteiger charge is -2.15. The number of nitrogens with zero attached hydrogens (tertiary/aromatic N) is 1. The standard InChI is InChI=1S/C11H9BrF3N3S/c12-7-3-4-19-10(7)9(18-16)8-2-1-6(5-17-8)11(13,14)15/h1-5,9,18H,16H2. The van der Waals surface area contributed by atoms with Gasteiger partial charge < -0.3 is 0 Å². The molecule has 8 heteroatoms. The van der Waals surface area contributed by atoms with Crippen molar-refractivity contribution in [2.75, 3.05) is 0 Å². The Labute approximate surface area is 119 Å². The van der Waals surface area contributed by atoms with Gasteiger partial charge in [0.15, 0.2) is 0 Å². The highest BCUT2D eigenvalue weighted by atomic mass is 79.9. The predicted molar refractivity (Wildman–Crippen MR) is 70.4 cm³/mol. The van der Waals surface area contributed by atoms with Crippen LogP contribution >= 0.6 is 27.3 Å². The van der Waals surface area contributed by atoms with E-state index in [0.717, 1.165) is 21.6 Å². The lowest BCUT2D eigenvalue weighted by molar-refractivity contribution is -0.137. The number of thiophene rings is 1. The number of hydrazine groups is 1. The van der Waals surface area contributed by atoms with Crippen molar-refractivity contribution >= 4 is 27.3 Å². The maximum absolute atomic E-state index is 12.5. The number of hydrogen-bond donors (Lipinski definition) is 2. The minimum Gasteiger partial charge on any atom is -0.270 e. The van der Waals surface area contributed by atoms with Crippen LogP contribution in [0.3, 0.4) is 0 Å². The Bertz CT molecular complexity index is 553. The minimum absolute atomic E-state index is 0.429. The molecule has 2 aromatic rings. The third-order valence-corrected chi connectivity index (χ3v) is 4.42. The molecule has 0 saturated carbocycles. The van der Waals surface area contributed by atoms with E-state index in [1.807, 2.05) is 11.4 Å². The summed E-state index contributed by atoms with van der Waals surface area (Å²) in [5.41, 5.74) is 2.21. The number of rotatable bonds is 3. The van der Waals surface area contributed by atoms with Gasteiger partial charge in [-0.1, -0.05) is 0 Å². The highest BCUT2D eigenvalue weighted by molar-refractivity contribution is 9.10. The Hall–Kier alpha value is -0.960. The first-order valence-electron chi connectivity index (χ1n) is 5.15. The van der Waals surface area contributed by atoms with Gasteiger partial charge in [0.1, 0.15) is 0 Å². The van der Waals surface area contributed by atoms with Crippen LogP contribution < -0.4 is 11.3 Å². The first-order valence-corrected chi connectivity index (χ1v) is 6.83. The van der Waals surface area contributed by atoms with Gasteiger partial charge in [-0.3, -0.25) is 10.8 Å². The Kier molecular flexibility index (Phi) is 4.24. The SMILES string of the molecule is NNC(c1ccc(C(F)(F)F)cn1)c1sccc1Br. The fourth-order valence-corrected chi connectivity index (χ4v) is 3.22. The van der Waals surface area contributed by atoms with Gasteiger partial charge in [-0.25, -0.2) is 5.43 Å². The molecule has 0 spiro atoms. The van der Waals surface area contributed by atoms with Gasteiger partial charge in [-0.15, -0.1) is 11.3 Å². The van der Waals surface area contributed by atoms with Gasteiger partial charge in [0.2, 0.25) is 0 Å². The van der Waals surface area contributed by atoms with E-state index in [9.17, 15) is 13.2 Å². The molecule has 1 unspecified atom stereocenters. The van der Waals surface area contributed by atoms with Crippen LogP contribution in [0.5, 0.6) is 0 Å². The molecule has 0 aliphatic carbocycles. The van der Waals surface area contributed by atoms with Crippen molar-refractivity contribution in [2.24, 2.45) is 5.84 Å². The third kappa shape index (κ3) is 3.14. The second kappa shape index (κ2) is 5.58. The Morgan fingerprint density at radius 2 is 2.05 bits per heavy atom. The molecule has 2 heterocycles. The van der Waals surface area contributed by atoms with Crippen molar-refractivity contribution in [3.63, 3.8) is 0 Å². The van der Waals surface area contributed by atoms with Crippen LogP contribution in [0.4, 0.5) is 13.2 Å². The van der Waals surface area contributed by atoms with Crippen molar-refractivity contribution in [1.82, 2.24) is 10.4 Å². The third-order valence-electron chi connectivity index (χ3n) is 2.48. The fourth-order valence-electron chi connectivity index (χ4n) is 1.55. The van der Waals surface area contributed by atoms with Crippen LogP contribution in [0.25, 0.3) is 0 Å². The number of halogens is 4. The summed E-state index contributed by atoms with van der Waals surface area (Å²) in [4.78, 5) is 4.69. The number of pyridine rings is 1. The molecule has 0 aliphatic rings. The van der Waals surface area contributed by atoms with Crippen molar-refractivity contribution in [3.05, 3.63) is 50.4 Å². The maximum atomic E-state index is 12.5. The van der Waals surface area contributed by atoms with Crippen LogP contribution in [0.2, 0.25) is 0 Å². The van der Waals surface area contributed by atoms with Crippen molar-refractivity contribution in [1.29, 1.82) is 0 Å². The van der Waals surface area contributed by atoms with Crippen LogP contribution in [-0.2, 0) is 6.18 Å². The average Bonchev–Trinajstić information content (AvgIpc) is 2.76. The molecule has 102 valence electrons. The lowest BCUT2D eigenvalue weighted by atomic mass is 10.1. The molecule has 3 N–H and O–H groups in total. The van der Waals surface area contributed by atoms with Gasteiger partial charge >= 0.3 is 6.18 Å². The van der Waals surface area contributed by atoms with E-state index in [1.54, 1.807) is 0 Å². The molecule has 0 fully saturated rings. The maximum Gasteiger partial charge on any atom is 0.417 e. The molecule has 1 atom stereocenters. The Balaban J connectivity index is 2.33. The zero-order valence-corrected chi connectivity index (χ0v) is 11.8. The summed E-state index contributed by atoms with van der Waals surface area (Å²) in [6.07, 6.45) is -3.58. The second-order valence-corrected chi connectivity index (χ2v) is 5.50. The first kappa shape index (κ1) is 14.4. The van der Waals surface area contributed by atoms with E-state index < -0.39 is 17.8 Å². The van der Waals surface area contributed by atoms with Crippen molar-refractivity contribution in [2.45, 2.75) is 12.2 Å². The van der Waals surface area contributed by atoms with Gasteiger partial charge in [0.25, 0.3) is 0 Å². The summed E-state index contributed by atoms with van der Waals surface area (Å²) in [6.45, 7) is 0. The molecule has 19 heavy (non-hydrogen) atoms. The molecule has 0 bridgehead atoms. The van der Waals surface area contributed by atoms with Crippen LogP contribution in [0.1, 0.15) is 22.2 Å². The summed E-state index contributed by atoms with van der Waals surface area (Å²) in [5.74, 6) is 5.46. The molecule has 0 saturated heterocycles. The lowest BCUT2D eigenvalue weighted by Crippen LogP contribution is -2.29. The second-order valence-electron chi connectivity index (χ2n) is 3.70. The Morgan fingerprint density at radius 1 is 1.32 bits per heavy atom. The predicted octanol–water partition coefficient (Wildman–Crippen LogP) is 3.48. The van der Waals surface area contributed by atoms with Gasteiger partial charge in [0, 0.05) is 15.5 Å². The van der Waals surface area contributed by atoms with Crippen LogP contribution in [-0.4, -0.2) is 4.98 Å². The minimum atomic E-state index is -4.39. The molecule has 2 rings (SSSR count). The van der Waals surface area contributed by atoms with E-state index in [0.29, 0.717) is 5.69 Å². The molecule has 0 radical (unpaired) electrons. The number of aromatic nitrogens is 1. The quantitative estimate of drug-likeness (QED) is 0.657. The molecule has 2 aromatic heterocycles. The number of nitrogens with two attached hydrogens (primary N) is 1. The van der Waals surface area contributed by atoms with Gasteiger partial charge in [0.05, 0.1) is 17.3 Å². The van der Waals surface area contributed by atoms with Crippen LogP contribution in [0.15, 0.2) is 34.2 Å². The summed E-state index contributed by atoms with van der Waals surface area (Å²) < 4.78 is 38.2. The highest BCUT2D eigenvalue weighted by Crippen LogP contribution is 2.33. The van der Waals surface area contributed by atoms with Crippen LogP contribution in [0, 0.1) is 0 Å². The van der Waals surface area contributed by atoms with Crippen molar-refractivity contribution in [3.8, 4) is 0 Å². The summed E-state index contributed by atoms with van der Waals surface area (Å²) in [7, 11) is 0. The van der Waals surface area contributed by atoms with E-state index in [1.165, 1.54) is 17.4 Å². The zero-order chi connectivity index (χ0) is 14.0. The van der Waals surface area contributed by atoms with Gasteiger partial charge in [-0.2, -0.15) is 13.2 Å². The van der Waals surface area contributed by atoms with E-state index in [2.05, 4.69) is 26.3 Å². The largest absolute Gasteiger partial charge is 0.417 e. The average molecular weight is 352 g/mol. The monoisotopic (exact) mass is 351 g/mol. The van der Waals surface area contributed by atoms with E-state index >= 15 is 0 Å². The van der Waals surface area contributed by atoms with E-state index in [-0.39, 0.29) is 0 Å². The molecular weight excluding hydrogens is 343 g/mol. The summed E-state index contributed by atoms with van der Waals surface area (Å²) in [6, 6.07) is 3.71. The summed E-state index contributed by atoms with van der Waals surface area (Å²) in [5, 5.41) is 1.86. The normalized spacial score (nSPS) is 13.5. The zero-order valence-electron chi connectivity index (χ0n) is 9.41. The van der Waals surface area contributed by atoms with E-state index in [4.69, 9.17) is 5.84 Å². The fraction of sp³-hybridized carbons (Fsp3) is 0.182. The number of alkyl halides is 3. The van der Waals surface area contributed by atoms with Crippen molar-refractivity contribution < 1.29 is 13.2 Å².